The van der Waals surface area contributed by atoms with Gasteiger partial charge in [0, 0.05) is 6.42 Å². The Morgan fingerprint density at radius 3 is 0.866 bits per heavy atom. The molecule has 0 fully saturated rings. The van der Waals surface area contributed by atoms with Crippen molar-refractivity contribution >= 4 is 5.91 Å². The molecule has 0 rings (SSSR count). The van der Waals surface area contributed by atoms with Gasteiger partial charge in [-0.2, -0.15) is 0 Å². The highest BCUT2D eigenvalue weighted by Gasteiger charge is 2.18. The molecule has 0 aromatic carbocycles. The quantitative estimate of drug-likeness (QED) is 0.0420. The zero-order valence-electron chi connectivity index (χ0n) is 45.7. The van der Waals surface area contributed by atoms with Crippen LogP contribution >= 0.6 is 0 Å². The summed E-state index contributed by atoms with van der Waals surface area (Å²) >= 11 is 0. The van der Waals surface area contributed by atoms with Crippen LogP contribution in [0.5, 0.6) is 0 Å². The monoisotopic (exact) mass is 940 g/mol. The number of carbonyl (C=O) groups excluding carboxylic acids is 1. The highest BCUT2D eigenvalue weighted by Crippen LogP contribution is 2.18. The summed E-state index contributed by atoms with van der Waals surface area (Å²) in [6.45, 7) is 4.33. The van der Waals surface area contributed by atoms with Crippen LogP contribution in [0.3, 0.4) is 0 Å². The predicted molar refractivity (Wildman–Crippen MR) is 299 cm³/mol. The van der Waals surface area contributed by atoms with Crippen LogP contribution in [0.1, 0.15) is 341 Å². The molecule has 0 saturated heterocycles. The molecule has 4 heteroatoms. The molecule has 67 heavy (non-hydrogen) atoms. The molecule has 0 heterocycles. The fraction of sp³-hybridized carbons (Fsp3) is 0.889. The zero-order valence-corrected chi connectivity index (χ0v) is 45.7. The summed E-state index contributed by atoms with van der Waals surface area (Å²) < 4.78 is 0. The van der Waals surface area contributed by atoms with Crippen LogP contribution in [-0.2, 0) is 4.79 Å². The van der Waals surface area contributed by atoms with Crippen molar-refractivity contribution in [2.75, 3.05) is 6.61 Å². The lowest BCUT2D eigenvalue weighted by molar-refractivity contribution is -0.123. The first-order valence-corrected chi connectivity index (χ1v) is 30.7. The van der Waals surface area contributed by atoms with Crippen molar-refractivity contribution in [3.05, 3.63) is 36.5 Å². The first-order valence-electron chi connectivity index (χ1n) is 30.7. The van der Waals surface area contributed by atoms with Gasteiger partial charge in [0.1, 0.15) is 0 Å². The van der Waals surface area contributed by atoms with Crippen LogP contribution in [0.25, 0.3) is 0 Å². The SMILES string of the molecule is CCCCCCCCCCCCCCCC/C=C/CC/C=C/CC/C=C/C(O)C(CO)NC(=O)CCCCCCCCCCCCCCCCCCCCCCCCCCCCCCCCC. The number of unbranched alkanes of at least 4 members (excludes halogenated alkanes) is 46. The van der Waals surface area contributed by atoms with Gasteiger partial charge < -0.3 is 15.5 Å². The summed E-state index contributed by atoms with van der Waals surface area (Å²) in [5.41, 5.74) is 0. The molecule has 4 nitrogen and oxygen atoms in total. The molecule has 1 amide bonds. The van der Waals surface area contributed by atoms with E-state index in [2.05, 4.69) is 43.5 Å². The van der Waals surface area contributed by atoms with E-state index in [1.165, 1.54) is 283 Å². The summed E-state index contributed by atoms with van der Waals surface area (Å²) in [4.78, 5) is 12.5. The summed E-state index contributed by atoms with van der Waals surface area (Å²) in [7, 11) is 0. The summed E-state index contributed by atoms with van der Waals surface area (Å²) in [6.07, 6.45) is 80.5. The minimum Gasteiger partial charge on any atom is -0.394 e. The number of allylic oxidation sites excluding steroid dienone is 5. The van der Waals surface area contributed by atoms with Gasteiger partial charge in [0.05, 0.1) is 18.8 Å². The fourth-order valence-electron chi connectivity index (χ4n) is 9.69. The minimum atomic E-state index is -0.869. The molecule has 0 aliphatic heterocycles. The van der Waals surface area contributed by atoms with Gasteiger partial charge >= 0.3 is 0 Å². The molecule has 0 aromatic rings. The third-order valence-corrected chi connectivity index (χ3v) is 14.4. The lowest BCUT2D eigenvalue weighted by Gasteiger charge is -2.19. The molecule has 0 radical (unpaired) electrons. The van der Waals surface area contributed by atoms with Gasteiger partial charge in [-0.25, -0.2) is 0 Å². The highest BCUT2D eigenvalue weighted by atomic mass is 16.3. The van der Waals surface area contributed by atoms with Crippen molar-refractivity contribution in [1.82, 2.24) is 5.32 Å². The van der Waals surface area contributed by atoms with Gasteiger partial charge in [-0.05, 0) is 44.9 Å². The van der Waals surface area contributed by atoms with Crippen molar-refractivity contribution in [2.45, 2.75) is 353 Å². The normalized spacial score (nSPS) is 13.0. The van der Waals surface area contributed by atoms with Gasteiger partial charge in [-0.3, -0.25) is 4.79 Å². The molecular weight excluding hydrogens is 819 g/mol. The van der Waals surface area contributed by atoms with Gasteiger partial charge in [-0.15, -0.1) is 0 Å². The van der Waals surface area contributed by atoms with E-state index < -0.39 is 12.1 Å². The van der Waals surface area contributed by atoms with Crippen molar-refractivity contribution in [3.8, 4) is 0 Å². The summed E-state index contributed by atoms with van der Waals surface area (Å²) in [5.74, 6) is -0.0709. The Labute approximate surface area is 421 Å². The minimum absolute atomic E-state index is 0.0709. The van der Waals surface area contributed by atoms with E-state index in [4.69, 9.17) is 0 Å². The molecule has 2 atom stereocenters. The molecule has 0 aliphatic rings. The van der Waals surface area contributed by atoms with Crippen molar-refractivity contribution in [2.24, 2.45) is 0 Å². The van der Waals surface area contributed by atoms with Crippen LogP contribution in [-0.4, -0.2) is 34.9 Å². The number of aliphatic hydroxyl groups excluding tert-OH is 2. The van der Waals surface area contributed by atoms with Crippen LogP contribution in [0, 0.1) is 0 Å². The van der Waals surface area contributed by atoms with Gasteiger partial charge in [0.25, 0.3) is 0 Å². The lowest BCUT2D eigenvalue weighted by atomic mass is 10.0. The molecule has 0 aliphatic carbocycles. The standard InChI is InChI=1S/C63H121NO3/c1-3-5-7-9-11-13-15-17-19-21-23-25-27-29-30-31-32-33-34-35-37-39-41-43-45-47-49-51-53-55-57-59-63(67)64-61(60-65)62(66)58-56-54-52-50-48-46-44-42-40-38-36-28-26-24-22-20-18-16-14-12-10-8-6-4-2/h40,42,48,50,56,58,61-62,65-66H,3-39,41,43-47,49,51-55,57,59-60H2,1-2H3,(H,64,67)/b42-40+,50-48+,58-56+. The molecular formula is C63H121NO3. The second-order valence-electron chi connectivity index (χ2n) is 21.1. The van der Waals surface area contributed by atoms with Gasteiger partial charge in [0.15, 0.2) is 0 Å². The molecule has 0 saturated carbocycles. The number of carbonyl (C=O) groups is 1. The third-order valence-electron chi connectivity index (χ3n) is 14.4. The Morgan fingerprint density at radius 2 is 0.582 bits per heavy atom. The molecule has 396 valence electrons. The average molecular weight is 941 g/mol. The second-order valence-corrected chi connectivity index (χ2v) is 21.1. The zero-order chi connectivity index (χ0) is 48.5. The molecule has 0 aromatic heterocycles. The van der Waals surface area contributed by atoms with Crippen molar-refractivity contribution < 1.29 is 15.0 Å². The molecule has 3 N–H and O–H groups in total. The topological polar surface area (TPSA) is 69.6 Å². The maximum atomic E-state index is 12.5. The number of aliphatic hydroxyl groups is 2. The summed E-state index contributed by atoms with van der Waals surface area (Å²) in [5, 5.41) is 23.2. The lowest BCUT2D eigenvalue weighted by Crippen LogP contribution is -2.45. The smallest absolute Gasteiger partial charge is 0.220 e. The van der Waals surface area contributed by atoms with E-state index in [9.17, 15) is 15.0 Å². The van der Waals surface area contributed by atoms with Gasteiger partial charge in [0.2, 0.25) is 5.91 Å². The average Bonchev–Trinajstić information content (AvgIpc) is 3.33. The van der Waals surface area contributed by atoms with Crippen molar-refractivity contribution in [3.63, 3.8) is 0 Å². The van der Waals surface area contributed by atoms with E-state index in [-0.39, 0.29) is 12.5 Å². The predicted octanol–water partition coefficient (Wildman–Crippen LogP) is 20.4. The third kappa shape index (κ3) is 55.4. The Morgan fingerprint density at radius 1 is 0.343 bits per heavy atom. The molecule has 0 spiro atoms. The maximum absolute atomic E-state index is 12.5. The maximum Gasteiger partial charge on any atom is 0.220 e. The Bertz CT molecular complexity index is 1020. The second kappa shape index (κ2) is 58.9. The highest BCUT2D eigenvalue weighted by molar-refractivity contribution is 5.76. The van der Waals surface area contributed by atoms with E-state index in [0.717, 1.165) is 38.5 Å². The first-order chi connectivity index (χ1) is 33.2. The van der Waals surface area contributed by atoms with E-state index in [1.54, 1.807) is 6.08 Å². The molecule has 0 bridgehead atoms. The van der Waals surface area contributed by atoms with Crippen LogP contribution < -0.4 is 5.32 Å². The number of hydrogen-bond donors (Lipinski definition) is 3. The summed E-state index contributed by atoms with van der Waals surface area (Å²) in [6, 6.07) is -0.644. The van der Waals surface area contributed by atoms with Crippen LogP contribution in [0.2, 0.25) is 0 Å². The number of amides is 1. The van der Waals surface area contributed by atoms with E-state index in [1.807, 2.05) is 6.08 Å². The Balaban J connectivity index is 3.48. The van der Waals surface area contributed by atoms with Crippen molar-refractivity contribution in [1.29, 1.82) is 0 Å². The number of nitrogens with one attached hydrogen (secondary N) is 1. The Kier molecular flexibility index (Phi) is 57.7. The molecule has 2 unspecified atom stereocenters. The largest absolute Gasteiger partial charge is 0.394 e. The number of rotatable bonds is 57. The number of hydrogen-bond acceptors (Lipinski definition) is 3. The fourth-order valence-corrected chi connectivity index (χ4v) is 9.69. The van der Waals surface area contributed by atoms with Crippen LogP contribution in [0.4, 0.5) is 0 Å². The van der Waals surface area contributed by atoms with Crippen LogP contribution in [0.15, 0.2) is 36.5 Å². The van der Waals surface area contributed by atoms with Gasteiger partial charge in [-0.1, -0.05) is 326 Å². The Hall–Kier alpha value is -1.39. The van der Waals surface area contributed by atoms with E-state index >= 15 is 0 Å². The first kappa shape index (κ1) is 65.6. The van der Waals surface area contributed by atoms with E-state index in [0.29, 0.717) is 6.42 Å².